The Bertz CT molecular complexity index is 351. The van der Waals surface area contributed by atoms with Gasteiger partial charge in [-0.2, -0.15) is 5.10 Å². The fourth-order valence-electron chi connectivity index (χ4n) is 1.36. The topological polar surface area (TPSA) is 72.9 Å². The molecular formula is C11H20N4O. The van der Waals surface area contributed by atoms with E-state index in [1.165, 1.54) is 0 Å². The number of nitrogen functional groups attached to an aromatic ring is 1. The zero-order valence-electron chi connectivity index (χ0n) is 10.2. The van der Waals surface area contributed by atoms with E-state index in [0.29, 0.717) is 25.2 Å². The Kier molecular flexibility index (Phi) is 3.93. The molecule has 5 heteroatoms. The first-order valence-electron chi connectivity index (χ1n) is 5.41. The molecule has 0 aliphatic heterocycles. The molecule has 0 fully saturated rings. The van der Waals surface area contributed by atoms with Gasteiger partial charge in [0, 0.05) is 19.2 Å². The van der Waals surface area contributed by atoms with Crippen LogP contribution in [-0.4, -0.2) is 22.2 Å². The monoisotopic (exact) mass is 224 g/mol. The summed E-state index contributed by atoms with van der Waals surface area (Å²) in [5.41, 5.74) is 6.19. The Morgan fingerprint density at radius 2 is 2.25 bits per heavy atom. The van der Waals surface area contributed by atoms with E-state index in [0.717, 1.165) is 0 Å². The highest BCUT2D eigenvalue weighted by molar-refractivity contribution is 5.76. The van der Waals surface area contributed by atoms with E-state index in [-0.39, 0.29) is 11.3 Å². The van der Waals surface area contributed by atoms with Crippen molar-refractivity contribution in [1.82, 2.24) is 15.1 Å². The lowest BCUT2D eigenvalue weighted by molar-refractivity contribution is -0.122. The van der Waals surface area contributed by atoms with Gasteiger partial charge in [-0.1, -0.05) is 20.8 Å². The molecule has 1 aromatic heterocycles. The van der Waals surface area contributed by atoms with Crippen LogP contribution in [0.5, 0.6) is 0 Å². The third-order valence-electron chi connectivity index (χ3n) is 2.01. The summed E-state index contributed by atoms with van der Waals surface area (Å²) in [6, 6.07) is 0. The zero-order chi connectivity index (χ0) is 12.2. The molecule has 5 nitrogen and oxygen atoms in total. The quantitative estimate of drug-likeness (QED) is 0.802. The van der Waals surface area contributed by atoms with Gasteiger partial charge in [0.1, 0.15) is 0 Å². The third kappa shape index (κ3) is 4.82. The van der Waals surface area contributed by atoms with Gasteiger partial charge in [-0.25, -0.2) is 0 Å². The lowest BCUT2D eigenvalue weighted by Crippen LogP contribution is -2.30. The van der Waals surface area contributed by atoms with Crippen LogP contribution in [0.15, 0.2) is 12.4 Å². The van der Waals surface area contributed by atoms with Gasteiger partial charge < -0.3 is 11.1 Å². The van der Waals surface area contributed by atoms with Crippen LogP contribution in [0.25, 0.3) is 0 Å². The molecule has 1 amide bonds. The second-order valence-corrected chi connectivity index (χ2v) is 5.12. The summed E-state index contributed by atoms with van der Waals surface area (Å²) in [4.78, 5) is 11.5. The van der Waals surface area contributed by atoms with Gasteiger partial charge >= 0.3 is 0 Å². The highest BCUT2D eigenvalue weighted by Gasteiger charge is 2.15. The molecular weight excluding hydrogens is 204 g/mol. The number of hydrogen-bond acceptors (Lipinski definition) is 3. The van der Waals surface area contributed by atoms with Gasteiger partial charge in [0.25, 0.3) is 0 Å². The summed E-state index contributed by atoms with van der Waals surface area (Å²) in [6.07, 6.45) is 3.88. The number of carbonyl (C=O) groups excluding carboxylic acids is 1. The van der Waals surface area contributed by atoms with E-state index in [9.17, 15) is 4.79 Å². The van der Waals surface area contributed by atoms with Crippen molar-refractivity contribution in [3.63, 3.8) is 0 Å². The molecule has 16 heavy (non-hydrogen) atoms. The molecule has 90 valence electrons. The minimum atomic E-state index is 0.0280. The van der Waals surface area contributed by atoms with Crippen LogP contribution >= 0.6 is 0 Å². The normalized spacial score (nSPS) is 11.4. The van der Waals surface area contributed by atoms with Gasteiger partial charge in [-0.15, -0.1) is 0 Å². The molecule has 3 N–H and O–H groups in total. The molecule has 0 atom stereocenters. The Balaban J connectivity index is 2.23. The number of amides is 1. The number of hydrogen-bond donors (Lipinski definition) is 2. The molecule has 0 radical (unpaired) electrons. The van der Waals surface area contributed by atoms with Crippen LogP contribution in [0.3, 0.4) is 0 Å². The van der Waals surface area contributed by atoms with Gasteiger partial charge in [0.2, 0.25) is 5.91 Å². The van der Waals surface area contributed by atoms with Crippen LogP contribution in [0, 0.1) is 5.41 Å². The third-order valence-corrected chi connectivity index (χ3v) is 2.01. The number of anilines is 1. The number of nitrogens with one attached hydrogen (secondary N) is 1. The number of aromatic nitrogens is 2. The highest BCUT2D eigenvalue weighted by atomic mass is 16.1. The highest BCUT2D eigenvalue weighted by Crippen LogP contribution is 2.17. The smallest absolute Gasteiger partial charge is 0.220 e. The maximum Gasteiger partial charge on any atom is 0.220 e. The summed E-state index contributed by atoms with van der Waals surface area (Å²) in [6.45, 7) is 7.35. The van der Waals surface area contributed by atoms with E-state index in [1.54, 1.807) is 17.1 Å². The van der Waals surface area contributed by atoms with Gasteiger partial charge in [-0.05, 0) is 5.41 Å². The van der Waals surface area contributed by atoms with Crippen molar-refractivity contribution in [2.24, 2.45) is 5.41 Å². The minimum Gasteiger partial charge on any atom is -0.396 e. The average molecular weight is 224 g/mol. The van der Waals surface area contributed by atoms with Gasteiger partial charge in [-0.3, -0.25) is 9.48 Å². The van der Waals surface area contributed by atoms with Crippen molar-refractivity contribution in [3.8, 4) is 0 Å². The van der Waals surface area contributed by atoms with Crippen molar-refractivity contribution in [1.29, 1.82) is 0 Å². The van der Waals surface area contributed by atoms with Crippen LogP contribution in [-0.2, 0) is 11.3 Å². The molecule has 0 unspecified atom stereocenters. The number of nitrogens with two attached hydrogens (primary N) is 1. The molecule has 0 saturated heterocycles. The molecule has 0 bridgehead atoms. The SMILES string of the molecule is CC(C)(C)CC(=O)NCCn1cc(N)cn1. The van der Waals surface area contributed by atoms with E-state index in [1.807, 2.05) is 20.8 Å². The van der Waals surface area contributed by atoms with Gasteiger partial charge in [0.15, 0.2) is 0 Å². The van der Waals surface area contributed by atoms with Crippen molar-refractivity contribution < 1.29 is 4.79 Å². The summed E-state index contributed by atoms with van der Waals surface area (Å²) < 4.78 is 1.71. The van der Waals surface area contributed by atoms with Crippen LogP contribution in [0.2, 0.25) is 0 Å². The van der Waals surface area contributed by atoms with Crippen LogP contribution in [0.4, 0.5) is 5.69 Å². The Morgan fingerprint density at radius 1 is 1.56 bits per heavy atom. The number of carbonyl (C=O) groups is 1. The standard InChI is InChI=1S/C11H20N4O/c1-11(2,3)6-10(16)13-4-5-15-8-9(12)7-14-15/h7-8H,4-6,12H2,1-3H3,(H,13,16). The lowest BCUT2D eigenvalue weighted by atomic mass is 9.92. The predicted octanol–water partition coefficient (Wildman–Crippen LogP) is 1.02. The molecule has 1 aromatic rings. The first kappa shape index (κ1) is 12.5. The first-order chi connectivity index (χ1) is 7.37. The number of nitrogens with zero attached hydrogens (tertiary/aromatic N) is 2. The average Bonchev–Trinajstić information content (AvgIpc) is 2.48. The van der Waals surface area contributed by atoms with Crippen molar-refractivity contribution in [2.45, 2.75) is 33.7 Å². The predicted molar refractivity (Wildman–Crippen MR) is 63.7 cm³/mol. The summed E-state index contributed by atoms with van der Waals surface area (Å²) in [5, 5.41) is 6.88. The lowest BCUT2D eigenvalue weighted by Gasteiger charge is -2.17. The molecule has 1 heterocycles. The number of rotatable bonds is 4. The maximum absolute atomic E-state index is 11.5. The molecule has 0 aliphatic carbocycles. The molecule has 0 aliphatic rings. The molecule has 0 spiro atoms. The molecule has 0 saturated carbocycles. The Morgan fingerprint density at radius 3 is 2.75 bits per heavy atom. The van der Waals surface area contributed by atoms with E-state index < -0.39 is 0 Å². The van der Waals surface area contributed by atoms with Crippen LogP contribution in [0.1, 0.15) is 27.2 Å². The second kappa shape index (κ2) is 5.01. The fourth-order valence-corrected chi connectivity index (χ4v) is 1.36. The second-order valence-electron chi connectivity index (χ2n) is 5.12. The molecule has 0 aromatic carbocycles. The maximum atomic E-state index is 11.5. The minimum absolute atomic E-state index is 0.0280. The summed E-state index contributed by atoms with van der Waals surface area (Å²) >= 11 is 0. The van der Waals surface area contributed by atoms with E-state index in [2.05, 4.69) is 10.4 Å². The van der Waals surface area contributed by atoms with Crippen molar-refractivity contribution in [3.05, 3.63) is 12.4 Å². The van der Waals surface area contributed by atoms with Crippen molar-refractivity contribution in [2.75, 3.05) is 12.3 Å². The Hall–Kier alpha value is -1.52. The fraction of sp³-hybridized carbons (Fsp3) is 0.636. The zero-order valence-corrected chi connectivity index (χ0v) is 10.2. The first-order valence-corrected chi connectivity index (χ1v) is 5.41. The summed E-state index contributed by atoms with van der Waals surface area (Å²) in [7, 11) is 0. The van der Waals surface area contributed by atoms with E-state index >= 15 is 0 Å². The van der Waals surface area contributed by atoms with Crippen molar-refractivity contribution >= 4 is 11.6 Å². The van der Waals surface area contributed by atoms with Crippen LogP contribution < -0.4 is 11.1 Å². The largest absolute Gasteiger partial charge is 0.396 e. The van der Waals surface area contributed by atoms with Gasteiger partial charge in [0.05, 0.1) is 18.4 Å². The van der Waals surface area contributed by atoms with E-state index in [4.69, 9.17) is 5.73 Å². The summed E-state index contributed by atoms with van der Waals surface area (Å²) in [5.74, 6) is 0.0765. The Labute approximate surface area is 96.0 Å². The molecule has 1 rings (SSSR count).